The molecule has 1 fully saturated rings. The fraction of sp³-hybridized carbons (Fsp3) is 1.00. The Morgan fingerprint density at radius 1 is 1.50 bits per heavy atom. The van der Waals surface area contributed by atoms with Gasteiger partial charge in [0.15, 0.2) is 6.17 Å². The van der Waals surface area contributed by atoms with Crippen LogP contribution in [0.1, 0.15) is 0 Å². The summed E-state index contributed by atoms with van der Waals surface area (Å²) in [4.78, 5) is 0.972. The van der Waals surface area contributed by atoms with Crippen LogP contribution in [-0.2, 0) is 0 Å². The van der Waals surface area contributed by atoms with Gasteiger partial charge in [-0.1, -0.05) is 0 Å². The Kier molecular flexibility index (Phi) is 2.57. The summed E-state index contributed by atoms with van der Waals surface area (Å²) in [5, 5.41) is 2.70. The summed E-state index contributed by atoms with van der Waals surface area (Å²) >= 11 is 0. The number of hydrogen-bond acceptors (Lipinski definition) is 4. The third-order valence-electron chi connectivity index (χ3n) is 1.77. The molecule has 12 heavy (non-hydrogen) atoms. The molecular formula is C5H11F3N4. The first-order chi connectivity index (χ1) is 5.43. The number of alkyl halides is 3. The predicted octanol–water partition coefficient (Wildman–Crippen LogP) is -1.02. The molecule has 0 amide bonds. The third-order valence-corrected chi connectivity index (χ3v) is 1.77. The van der Waals surface area contributed by atoms with E-state index in [4.69, 9.17) is 11.5 Å². The number of nitrogens with two attached hydrogens (primary N) is 2. The van der Waals surface area contributed by atoms with E-state index in [0.717, 1.165) is 4.90 Å². The Hall–Kier alpha value is -0.370. The van der Waals surface area contributed by atoms with Crippen LogP contribution in [0.25, 0.3) is 0 Å². The van der Waals surface area contributed by atoms with Gasteiger partial charge in [-0.25, -0.2) is 0 Å². The second-order valence-corrected chi connectivity index (χ2v) is 2.68. The van der Waals surface area contributed by atoms with Gasteiger partial charge in [0.05, 0.1) is 12.8 Å². The van der Waals surface area contributed by atoms with Crippen molar-refractivity contribution in [3.63, 3.8) is 0 Å². The number of rotatable bonds is 1. The maximum atomic E-state index is 12.0. The van der Waals surface area contributed by atoms with Crippen molar-refractivity contribution in [3.05, 3.63) is 0 Å². The van der Waals surface area contributed by atoms with Gasteiger partial charge in [-0.2, -0.15) is 13.2 Å². The molecular weight excluding hydrogens is 173 g/mol. The van der Waals surface area contributed by atoms with E-state index >= 15 is 0 Å². The minimum atomic E-state index is -4.41. The van der Waals surface area contributed by atoms with Crippen molar-refractivity contribution in [1.82, 2.24) is 10.2 Å². The number of nitrogens with zero attached hydrogens (tertiary/aromatic N) is 1. The van der Waals surface area contributed by atoms with Crippen LogP contribution in [-0.4, -0.2) is 36.6 Å². The van der Waals surface area contributed by atoms with Crippen molar-refractivity contribution in [1.29, 1.82) is 0 Å². The molecule has 0 aromatic carbocycles. The lowest BCUT2D eigenvalue weighted by Crippen LogP contribution is -2.56. The molecule has 0 bridgehead atoms. The summed E-state index contributed by atoms with van der Waals surface area (Å²) in [6.45, 7) is 0.422. The van der Waals surface area contributed by atoms with Crippen LogP contribution >= 0.6 is 0 Å². The molecule has 2 atom stereocenters. The quantitative estimate of drug-likeness (QED) is 0.488. The molecule has 5 N–H and O–H groups in total. The van der Waals surface area contributed by atoms with Crippen molar-refractivity contribution in [2.24, 2.45) is 11.5 Å². The molecule has 0 aromatic heterocycles. The molecule has 7 heteroatoms. The highest BCUT2D eigenvalue weighted by atomic mass is 19.4. The van der Waals surface area contributed by atoms with Crippen LogP contribution in [0.5, 0.6) is 0 Å². The lowest BCUT2D eigenvalue weighted by atomic mass is 10.4. The van der Waals surface area contributed by atoms with Crippen molar-refractivity contribution < 1.29 is 13.2 Å². The highest BCUT2D eigenvalue weighted by Crippen LogP contribution is 2.22. The van der Waals surface area contributed by atoms with E-state index in [1.54, 1.807) is 0 Å². The standard InChI is InChI=1S/C5H11F3N4/c6-5(7,8)4(10)12-2-11-1-3(12)9/h3-4,11H,1-2,9-10H2. The molecule has 1 aliphatic rings. The monoisotopic (exact) mass is 184 g/mol. The van der Waals surface area contributed by atoms with E-state index in [9.17, 15) is 13.2 Å². The molecule has 0 aliphatic carbocycles. The van der Waals surface area contributed by atoms with Gasteiger partial charge in [-0.15, -0.1) is 0 Å². The second-order valence-electron chi connectivity index (χ2n) is 2.68. The zero-order valence-corrected chi connectivity index (χ0v) is 6.30. The molecule has 1 rings (SSSR count). The van der Waals surface area contributed by atoms with Gasteiger partial charge >= 0.3 is 6.18 Å². The fourth-order valence-corrected chi connectivity index (χ4v) is 1.07. The van der Waals surface area contributed by atoms with E-state index in [1.807, 2.05) is 0 Å². The zero-order chi connectivity index (χ0) is 9.35. The summed E-state index contributed by atoms with van der Waals surface area (Å²) in [5.41, 5.74) is 10.3. The van der Waals surface area contributed by atoms with Gasteiger partial charge in [-0.3, -0.25) is 4.90 Å². The average Bonchev–Trinajstić information content (AvgIpc) is 2.31. The van der Waals surface area contributed by atoms with Gasteiger partial charge in [0.25, 0.3) is 0 Å². The second kappa shape index (κ2) is 3.17. The summed E-state index contributed by atoms with van der Waals surface area (Å²) in [6, 6.07) is 0. The first-order valence-electron chi connectivity index (χ1n) is 3.47. The SMILES string of the molecule is NC1CNCN1C(N)C(F)(F)F. The van der Waals surface area contributed by atoms with Gasteiger partial charge < -0.3 is 16.8 Å². The fourth-order valence-electron chi connectivity index (χ4n) is 1.07. The van der Waals surface area contributed by atoms with Crippen molar-refractivity contribution in [3.8, 4) is 0 Å². The summed E-state index contributed by atoms with van der Waals surface area (Å²) in [6.07, 6.45) is -7.03. The Bertz CT molecular complexity index is 159. The van der Waals surface area contributed by atoms with Crippen LogP contribution in [0.4, 0.5) is 13.2 Å². The molecule has 4 nitrogen and oxygen atoms in total. The van der Waals surface area contributed by atoms with Gasteiger partial charge in [0.2, 0.25) is 0 Å². The largest absolute Gasteiger partial charge is 0.417 e. The van der Waals surface area contributed by atoms with E-state index in [-0.39, 0.29) is 6.67 Å². The van der Waals surface area contributed by atoms with Crippen LogP contribution in [0.2, 0.25) is 0 Å². The van der Waals surface area contributed by atoms with Crippen LogP contribution in [0.3, 0.4) is 0 Å². The maximum Gasteiger partial charge on any atom is 0.417 e. The van der Waals surface area contributed by atoms with E-state index in [2.05, 4.69) is 5.32 Å². The number of hydrogen-bond donors (Lipinski definition) is 3. The summed E-state index contributed by atoms with van der Waals surface area (Å²) in [5.74, 6) is 0. The Balaban J connectivity index is 2.57. The topological polar surface area (TPSA) is 67.3 Å². The maximum absolute atomic E-state index is 12.0. The zero-order valence-electron chi connectivity index (χ0n) is 6.30. The normalized spacial score (nSPS) is 29.2. The average molecular weight is 184 g/mol. The first-order valence-corrected chi connectivity index (χ1v) is 3.47. The van der Waals surface area contributed by atoms with E-state index in [1.165, 1.54) is 0 Å². The van der Waals surface area contributed by atoms with Gasteiger partial charge in [0.1, 0.15) is 0 Å². The molecule has 1 saturated heterocycles. The third kappa shape index (κ3) is 1.86. The van der Waals surface area contributed by atoms with Crippen LogP contribution < -0.4 is 16.8 Å². The molecule has 0 spiro atoms. The molecule has 0 radical (unpaired) electrons. The smallest absolute Gasteiger partial charge is 0.315 e. The Morgan fingerprint density at radius 3 is 2.42 bits per heavy atom. The summed E-state index contributed by atoms with van der Waals surface area (Å²) < 4.78 is 36.1. The van der Waals surface area contributed by atoms with Crippen molar-refractivity contribution in [2.75, 3.05) is 13.2 Å². The molecule has 1 heterocycles. The highest BCUT2D eigenvalue weighted by molar-refractivity contribution is 4.82. The molecule has 1 aliphatic heterocycles. The molecule has 72 valence electrons. The van der Waals surface area contributed by atoms with Crippen molar-refractivity contribution in [2.45, 2.75) is 18.5 Å². The van der Waals surface area contributed by atoms with Gasteiger partial charge in [-0.05, 0) is 0 Å². The van der Waals surface area contributed by atoms with Crippen LogP contribution in [0.15, 0.2) is 0 Å². The summed E-state index contributed by atoms with van der Waals surface area (Å²) in [7, 11) is 0. The Labute approximate surface area is 67.7 Å². The lowest BCUT2D eigenvalue weighted by molar-refractivity contribution is -0.184. The molecule has 0 saturated carbocycles. The van der Waals surface area contributed by atoms with E-state index in [0.29, 0.717) is 6.54 Å². The molecule has 2 unspecified atom stereocenters. The van der Waals surface area contributed by atoms with Crippen molar-refractivity contribution >= 4 is 0 Å². The minimum absolute atomic E-state index is 0.0852. The Morgan fingerprint density at radius 2 is 2.08 bits per heavy atom. The van der Waals surface area contributed by atoms with E-state index < -0.39 is 18.5 Å². The van der Waals surface area contributed by atoms with Crippen LogP contribution in [0, 0.1) is 0 Å². The first kappa shape index (κ1) is 9.72. The lowest BCUT2D eigenvalue weighted by Gasteiger charge is -2.28. The predicted molar refractivity (Wildman–Crippen MR) is 36.7 cm³/mol. The molecule has 0 aromatic rings. The number of nitrogens with one attached hydrogen (secondary N) is 1. The number of halogens is 3. The van der Waals surface area contributed by atoms with Gasteiger partial charge in [0, 0.05) is 6.54 Å². The minimum Gasteiger partial charge on any atom is -0.315 e. The highest BCUT2D eigenvalue weighted by Gasteiger charge is 2.43.